The normalized spacial score (nSPS) is 27.5. The third-order valence-corrected chi connectivity index (χ3v) is 10.8. The van der Waals surface area contributed by atoms with Gasteiger partial charge in [0.2, 0.25) is 5.91 Å². The number of nitriles is 1. The number of nitrogens with one attached hydrogen (secondary N) is 1. The van der Waals surface area contributed by atoms with Gasteiger partial charge in [0.15, 0.2) is 0 Å². The van der Waals surface area contributed by atoms with Crippen molar-refractivity contribution >= 4 is 17.8 Å². The summed E-state index contributed by atoms with van der Waals surface area (Å²) >= 11 is 0. The molecule has 244 valence electrons. The first kappa shape index (κ1) is 31.9. The van der Waals surface area contributed by atoms with Crippen molar-refractivity contribution in [3.8, 4) is 17.6 Å². The number of rotatable bonds is 11. The maximum atomic E-state index is 13.7. The van der Waals surface area contributed by atoms with Crippen LogP contribution in [0, 0.1) is 40.4 Å². The summed E-state index contributed by atoms with van der Waals surface area (Å²) in [6.07, 6.45) is 7.95. The van der Waals surface area contributed by atoms with Crippen molar-refractivity contribution in [1.82, 2.24) is 5.32 Å². The quantitative estimate of drug-likeness (QED) is 0.295. The minimum Gasteiger partial charge on any atom is -0.496 e. The van der Waals surface area contributed by atoms with Gasteiger partial charge in [0.05, 0.1) is 30.6 Å². The summed E-state index contributed by atoms with van der Waals surface area (Å²) in [5.41, 5.74) is 1.53. The maximum Gasteiger partial charge on any atom is 0.342 e. The van der Waals surface area contributed by atoms with Gasteiger partial charge in [0.1, 0.15) is 35.8 Å². The van der Waals surface area contributed by atoms with Gasteiger partial charge in [0.25, 0.3) is 0 Å². The first-order chi connectivity index (χ1) is 22.3. The van der Waals surface area contributed by atoms with E-state index in [-0.39, 0.29) is 76.3 Å². The molecule has 2 aromatic carbocycles. The number of hydrogen-bond acceptors (Lipinski definition) is 8. The van der Waals surface area contributed by atoms with Gasteiger partial charge < -0.3 is 24.3 Å². The van der Waals surface area contributed by atoms with Crippen LogP contribution in [-0.2, 0) is 25.7 Å². The number of hydrogen-bond donors (Lipinski definition) is 1. The van der Waals surface area contributed by atoms with Crippen LogP contribution in [0.15, 0.2) is 42.5 Å². The zero-order valence-electron chi connectivity index (χ0n) is 26.8. The maximum absolute atomic E-state index is 13.7. The Bertz CT molecular complexity index is 1470. The molecule has 0 spiro atoms. The van der Waals surface area contributed by atoms with E-state index in [1.165, 1.54) is 25.7 Å². The number of benzene rings is 2. The molecule has 0 heterocycles. The largest absolute Gasteiger partial charge is 0.496 e. The predicted octanol–water partition coefficient (Wildman–Crippen LogP) is 6.13. The summed E-state index contributed by atoms with van der Waals surface area (Å²) in [5.74, 6) is -0.513. The minimum absolute atomic E-state index is 0.0199. The predicted molar refractivity (Wildman–Crippen MR) is 169 cm³/mol. The van der Waals surface area contributed by atoms with Gasteiger partial charge >= 0.3 is 11.9 Å². The highest BCUT2D eigenvalue weighted by Gasteiger charge is 2.53. The Morgan fingerprint density at radius 1 is 0.978 bits per heavy atom. The molecule has 0 unspecified atom stereocenters. The standard InChI is InChI=1S/C37H44N2O7/c1-37(15-6-16-37)22-39-34(40)32-25-9-10-26(17-25)33(32)46-36(42)29-19-30(27(20-38)18-31(29)43-2)45-28-13-11-24(12-14-28)35(41)44-21-23-7-4-3-5-8-23/h3-5,7-8,18-19,24-26,28,32-33H,6,9-17,21-22H2,1-2H3,(H,39,40)/t24-,25-,26+,28+,32+,33-/m1/s1. The van der Waals surface area contributed by atoms with Gasteiger partial charge in [-0.3, -0.25) is 9.59 Å². The van der Waals surface area contributed by atoms with Crippen molar-refractivity contribution in [3.05, 3.63) is 59.2 Å². The van der Waals surface area contributed by atoms with Crippen LogP contribution in [0.4, 0.5) is 0 Å². The Morgan fingerprint density at radius 3 is 2.39 bits per heavy atom. The highest BCUT2D eigenvalue weighted by atomic mass is 16.5. The van der Waals surface area contributed by atoms with Crippen LogP contribution in [0.25, 0.3) is 0 Å². The summed E-state index contributed by atoms with van der Waals surface area (Å²) < 4.78 is 23.5. The van der Waals surface area contributed by atoms with Crippen molar-refractivity contribution in [3.63, 3.8) is 0 Å². The first-order valence-corrected chi connectivity index (χ1v) is 16.7. The fraction of sp³-hybridized carbons (Fsp3) is 0.568. The number of esters is 2. The number of ether oxygens (including phenoxy) is 4. The molecule has 9 nitrogen and oxygen atoms in total. The molecule has 2 aromatic rings. The molecule has 0 saturated heterocycles. The van der Waals surface area contributed by atoms with Crippen LogP contribution in [0.3, 0.4) is 0 Å². The Balaban J connectivity index is 1.09. The first-order valence-electron chi connectivity index (χ1n) is 16.7. The summed E-state index contributed by atoms with van der Waals surface area (Å²) in [4.78, 5) is 39.8. The van der Waals surface area contributed by atoms with Crippen LogP contribution >= 0.6 is 0 Å². The fourth-order valence-electron chi connectivity index (χ4n) is 7.85. The molecule has 0 aromatic heterocycles. The summed E-state index contributed by atoms with van der Waals surface area (Å²) in [6.45, 7) is 3.11. The van der Waals surface area contributed by atoms with E-state index in [9.17, 15) is 19.6 Å². The lowest BCUT2D eigenvalue weighted by molar-refractivity contribution is -0.151. The molecule has 6 rings (SSSR count). The lowest BCUT2D eigenvalue weighted by atomic mass is 9.70. The van der Waals surface area contributed by atoms with Crippen molar-refractivity contribution in [2.75, 3.05) is 13.7 Å². The molecule has 4 saturated carbocycles. The van der Waals surface area contributed by atoms with Crippen molar-refractivity contribution in [1.29, 1.82) is 5.26 Å². The second-order valence-electron chi connectivity index (χ2n) is 14.0. The van der Waals surface area contributed by atoms with Crippen molar-refractivity contribution in [2.24, 2.45) is 29.1 Å². The number of carbonyl (C=O) groups excluding carboxylic acids is 3. The fourth-order valence-corrected chi connectivity index (χ4v) is 7.85. The van der Waals surface area contributed by atoms with E-state index in [0.717, 1.165) is 37.7 Å². The number of methoxy groups -OCH3 is 1. The summed E-state index contributed by atoms with van der Waals surface area (Å²) in [5, 5.41) is 13.1. The zero-order valence-corrected chi connectivity index (χ0v) is 26.8. The number of fused-ring (bicyclic) bond motifs is 2. The third-order valence-electron chi connectivity index (χ3n) is 10.8. The summed E-state index contributed by atoms with van der Waals surface area (Å²) in [6, 6.07) is 14.8. The molecule has 9 heteroatoms. The number of amides is 1. The molecule has 4 aliphatic rings. The van der Waals surface area contributed by atoms with Crippen molar-refractivity contribution < 1.29 is 33.3 Å². The van der Waals surface area contributed by atoms with Crippen LogP contribution in [0.5, 0.6) is 11.5 Å². The van der Waals surface area contributed by atoms with E-state index >= 15 is 0 Å². The van der Waals surface area contributed by atoms with E-state index in [4.69, 9.17) is 18.9 Å². The van der Waals surface area contributed by atoms with Crippen molar-refractivity contribution in [2.45, 2.75) is 89.9 Å². The molecule has 46 heavy (non-hydrogen) atoms. The van der Waals surface area contributed by atoms with E-state index in [0.29, 0.717) is 32.2 Å². The molecule has 4 fully saturated rings. The van der Waals surface area contributed by atoms with Crippen LogP contribution in [0.2, 0.25) is 0 Å². The number of nitrogens with zero attached hydrogens (tertiary/aromatic N) is 1. The van der Waals surface area contributed by atoms with E-state index in [2.05, 4.69) is 18.3 Å². The molecule has 4 atom stereocenters. The van der Waals surface area contributed by atoms with Gasteiger partial charge in [-0.2, -0.15) is 5.26 Å². The summed E-state index contributed by atoms with van der Waals surface area (Å²) in [7, 11) is 1.45. The second kappa shape index (κ2) is 13.7. The Kier molecular flexibility index (Phi) is 9.53. The lowest BCUT2D eigenvalue weighted by Gasteiger charge is -2.39. The molecule has 0 aliphatic heterocycles. The molecule has 1 N–H and O–H groups in total. The molecule has 1 amide bonds. The van der Waals surface area contributed by atoms with E-state index < -0.39 is 12.1 Å². The monoisotopic (exact) mass is 628 g/mol. The zero-order chi connectivity index (χ0) is 32.3. The molecular formula is C37H44N2O7. The second-order valence-corrected chi connectivity index (χ2v) is 14.0. The Morgan fingerprint density at radius 2 is 1.72 bits per heavy atom. The van der Waals surface area contributed by atoms with Gasteiger partial charge in [-0.25, -0.2) is 4.79 Å². The van der Waals surface area contributed by atoms with Crippen LogP contribution in [0.1, 0.15) is 92.6 Å². The van der Waals surface area contributed by atoms with E-state index in [1.54, 1.807) is 0 Å². The van der Waals surface area contributed by atoms with Crippen LogP contribution < -0.4 is 14.8 Å². The topological polar surface area (TPSA) is 124 Å². The average molecular weight is 629 g/mol. The minimum atomic E-state index is -0.586. The molecule has 4 aliphatic carbocycles. The van der Waals surface area contributed by atoms with Gasteiger partial charge in [-0.1, -0.05) is 43.7 Å². The van der Waals surface area contributed by atoms with E-state index in [1.807, 2.05) is 30.3 Å². The van der Waals surface area contributed by atoms with Gasteiger partial charge in [-0.15, -0.1) is 0 Å². The molecule has 2 bridgehead atoms. The highest BCUT2D eigenvalue weighted by Crippen LogP contribution is 2.50. The van der Waals surface area contributed by atoms with Gasteiger partial charge in [0, 0.05) is 12.6 Å². The number of carbonyl (C=O) groups is 3. The van der Waals surface area contributed by atoms with Crippen LogP contribution in [-0.4, -0.2) is 43.7 Å². The third kappa shape index (κ3) is 6.86. The smallest absolute Gasteiger partial charge is 0.342 e. The lowest BCUT2D eigenvalue weighted by Crippen LogP contribution is -2.47. The molecular weight excluding hydrogens is 584 g/mol. The van der Waals surface area contributed by atoms with Gasteiger partial charge in [-0.05, 0) is 86.7 Å². The SMILES string of the molecule is COc1cc(C#N)c(O[C@H]2CC[C@@H](C(=O)OCc3ccccc3)CC2)cc1C(=O)O[C@@H]1[C@H]2CC[C@H](C2)[C@@H]1C(=O)NCC1(C)CCC1. The highest BCUT2D eigenvalue weighted by molar-refractivity contribution is 5.94. The Hall–Kier alpha value is -4.06. The Labute approximate surface area is 270 Å². The molecule has 0 radical (unpaired) electrons. The average Bonchev–Trinajstić information content (AvgIpc) is 3.68.